The van der Waals surface area contributed by atoms with Gasteiger partial charge in [-0.05, 0) is 30.5 Å². The molecule has 0 aliphatic carbocycles. The summed E-state index contributed by atoms with van der Waals surface area (Å²) in [6.45, 7) is 0.546. The van der Waals surface area contributed by atoms with Crippen LogP contribution in [-0.4, -0.2) is 21.8 Å². The molecule has 0 atom stereocenters. The quantitative estimate of drug-likeness (QED) is 0.791. The van der Waals surface area contributed by atoms with Crippen LogP contribution in [0.5, 0.6) is 5.75 Å². The van der Waals surface area contributed by atoms with Gasteiger partial charge in [0.05, 0.1) is 6.61 Å². The van der Waals surface area contributed by atoms with Crippen LogP contribution in [0.3, 0.4) is 0 Å². The maximum Gasteiger partial charge on any atom is 0.193 e. The van der Waals surface area contributed by atoms with Gasteiger partial charge < -0.3 is 4.74 Å². The van der Waals surface area contributed by atoms with Gasteiger partial charge in [0, 0.05) is 18.5 Å². The number of pyridine rings is 1. The molecule has 0 aliphatic rings. The molecule has 0 bridgehead atoms. The van der Waals surface area contributed by atoms with Crippen molar-refractivity contribution in [1.29, 1.82) is 0 Å². The predicted molar refractivity (Wildman–Crippen MR) is 70.1 cm³/mol. The highest BCUT2D eigenvalue weighted by Gasteiger charge is 2.05. The lowest BCUT2D eigenvalue weighted by Gasteiger charge is -2.07. The fourth-order valence-corrected chi connectivity index (χ4v) is 1.73. The Morgan fingerprint density at radius 2 is 1.89 bits per heavy atom. The fourth-order valence-electron chi connectivity index (χ4n) is 1.45. The fraction of sp³-hybridized carbons (Fsp3) is 0.250. The third-order valence-electron chi connectivity index (χ3n) is 2.30. The number of rotatable bonds is 5. The van der Waals surface area contributed by atoms with Crippen molar-refractivity contribution < 1.29 is 4.74 Å². The minimum Gasteiger partial charge on any atom is -0.490 e. The van der Waals surface area contributed by atoms with E-state index in [1.165, 1.54) is 5.56 Å². The summed E-state index contributed by atoms with van der Waals surface area (Å²) in [5.74, 6) is 0.464. The molecule has 2 aromatic rings. The normalized spacial score (nSPS) is 10.3. The van der Waals surface area contributed by atoms with Crippen LogP contribution in [0, 0.1) is 0 Å². The van der Waals surface area contributed by atoms with Crippen LogP contribution in [0.2, 0.25) is 10.3 Å². The molecular weight excluding hydrogens is 273 g/mol. The number of hydrogen-bond donors (Lipinski definition) is 0. The second-order valence-corrected chi connectivity index (χ2v) is 4.37. The SMILES string of the molecule is Clc1cc(OCCCc2ccncc2)c(Cl)nn1. The van der Waals surface area contributed by atoms with Crippen LogP contribution in [0.1, 0.15) is 12.0 Å². The van der Waals surface area contributed by atoms with Crippen LogP contribution >= 0.6 is 23.2 Å². The Balaban J connectivity index is 1.80. The molecule has 0 unspecified atom stereocenters. The molecule has 0 aromatic carbocycles. The molecule has 2 rings (SSSR count). The smallest absolute Gasteiger partial charge is 0.193 e. The van der Waals surface area contributed by atoms with Crippen molar-refractivity contribution in [3.8, 4) is 5.75 Å². The summed E-state index contributed by atoms with van der Waals surface area (Å²) in [5, 5.41) is 7.77. The standard InChI is InChI=1S/C12H11Cl2N3O/c13-11-8-10(12(14)17-16-11)18-7-1-2-9-3-5-15-6-4-9/h3-6,8H,1-2,7H2. The van der Waals surface area contributed by atoms with E-state index in [2.05, 4.69) is 15.2 Å². The first kappa shape index (κ1) is 13.1. The molecule has 2 aromatic heterocycles. The predicted octanol–water partition coefficient (Wildman–Crippen LogP) is 3.19. The van der Waals surface area contributed by atoms with E-state index in [0.29, 0.717) is 12.4 Å². The van der Waals surface area contributed by atoms with Gasteiger partial charge in [-0.3, -0.25) is 4.98 Å². The molecule has 0 saturated heterocycles. The van der Waals surface area contributed by atoms with Gasteiger partial charge in [0.15, 0.2) is 16.1 Å². The first-order valence-corrected chi connectivity index (χ1v) is 6.22. The third kappa shape index (κ3) is 3.82. The van der Waals surface area contributed by atoms with E-state index >= 15 is 0 Å². The lowest BCUT2D eigenvalue weighted by molar-refractivity contribution is 0.309. The van der Waals surface area contributed by atoms with Crippen LogP contribution < -0.4 is 4.74 Å². The van der Waals surface area contributed by atoms with Crippen molar-refractivity contribution in [1.82, 2.24) is 15.2 Å². The Hall–Kier alpha value is -1.39. The summed E-state index contributed by atoms with van der Waals surface area (Å²) < 4.78 is 5.50. The van der Waals surface area contributed by atoms with Gasteiger partial charge in [0.2, 0.25) is 0 Å². The molecule has 0 N–H and O–H groups in total. The lowest BCUT2D eigenvalue weighted by Crippen LogP contribution is -2.01. The summed E-state index contributed by atoms with van der Waals surface area (Å²) >= 11 is 11.5. The van der Waals surface area contributed by atoms with E-state index in [1.54, 1.807) is 18.5 Å². The molecule has 0 fully saturated rings. The molecule has 0 amide bonds. The van der Waals surface area contributed by atoms with Crippen LogP contribution in [0.25, 0.3) is 0 Å². The summed E-state index contributed by atoms with van der Waals surface area (Å²) in [4.78, 5) is 3.96. The highest BCUT2D eigenvalue weighted by molar-refractivity contribution is 6.32. The topological polar surface area (TPSA) is 47.9 Å². The highest BCUT2D eigenvalue weighted by atomic mass is 35.5. The molecular formula is C12H11Cl2N3O. The van der Waals surface area contributed by atoms with E-state index in [0.717, 1.165) is 12.8 Å². The average Bonchev–Trinajstić information content (AvgIpc) is 2.40. The average molecular weight is 284 g/mol. The first-order chi connectivity index (χ1) is 8.75. The van der Waals surface area contributed by atoms with Crippen molar-refractivity contribution >= 4 is 23.2 Å². The van der Waals surface area contributed by atoms with E-state index in [1.807, 2.05) is 12.1 Å². The van der Waals surface area contributed by atoms with Gasteiger partial charge in [-0.2, -0.15) is 0 Å². The summed E-state index contributed by atoms with van der Waals surface area (Å²) in [7, 11) is 0. The zero-order chi connectivity index (χ0) is 12.8. The number of hydrogen-bond acceptors (Lipinski definition) is 4. The molecule has 0 aliphatic heterocycles. The Labute approximate surface area is 115 Å². The molecule has 0 saturated carbocycles. The summed E-state index contributed by atoms with van der Waals surface area (Å²) in [5.41, 5.74) is 1.23. The molecule has 4 nitrogen and oxygen atoms in total. The van der Waals surface area contributed by atoms with Gasteiger partial charge >= 0.3 is 0 Å². The third-order valence-corrected chi connectivity index (χ3v) is 2.75. The van der Waals surface area contributed by atoms with Crippen molar-refractivity contribution in [2.75, 3.05) is 6.61 Å². The van der Waals surface area contributed by atoms with Crippen molar-refractivity contribution in [3.63, 3.8) is 0 Å². The maximum absolute atomic E-state index is 5.83. The zero-order valence-corrected chi connectivity index (χ0v) is 11.0. The molecule has 0 radical (unpaired) electrons. The monoisotopic (exact) mass is 283 g/mol. The number of aromatic nitrogens is 3. The van der Waals surface area contributed by atoms with Crippen LogP contribution in [0.4, 0.5) is 0 Å². The minimum atomic E-state index is 0.225. The number of nitrogens with zero attached hydrogens (tertiary/aromatic N) is 3. The number of aryl methyl sites for hydroxylation is 1. The molecule has 94 valence electrons. The number of halogens is 2. The zero-order valence-electron chi connectivity index (χ0n) is 9.51. The van der Waals surface area contributed by atoms with Gasteiger partial charge in [-0.1, -0.05) is 23.2 Å². The van der Waals surface area contributed by atoms with E-state index < -0.39 is 0 Å². The first-order valence-electron chi connectivity index (χ1n) is 5.46. The van der Waals surface area contributed by atoms with Crippen LogP contribution in [-0.2, 0) is 6.42 Å². The van der Waals surface area contributed by atoms with Crippen LogP contribution in [0.15, 0.2) is 30.6 Å². The maximum atomic E-state index is 5.83. The summed E-state index contributed by atoms with van der Waals surface area (Å²) in [6.07, 6.45) is 5.35. The molecule has 0 spiro atoms. The highest BCUT2D eigenvalue weighted by Crippen LogP contribution is 2.23. The second kappa shape index (κ2) is 6.52. The van der Waals surface area contributed by atoms with Crippen molar-refractivity contribution in [2.24, 2.45) is 0 Å². The lowest BCUT2D eigenvalue weighted by atomic mass is 10.1. The molecule has 6 heteroatoms. The van der Waals surface area contributed by atoms with E-state index in [-0.39, 0.29) is 10.3 Å². The van der Waals surface area contributed by atoms with E-state index in [4.69, 9.17) is 27.9 Å². The molecule has 2 heterocycles. The van der Waals surface area contributed by atoms with Crippen molar-refractivity contribution in [2.45, 2.75) is 12.8 Å². The Morgan fingerprint density at radius 3 is 2.67 bits per heavy atom. The number of ether oxygens (including phenoxy) is 1. The van der Waals surface area contributed by atoms with Gasteiger partial charge in [0.1, 0.15) is 0 Å². The van der Waals surface area contributed by atoms with Gasteiger partial charge in [0.25, 0.3) is 0 Å². The molecule has 18 heavy (non-hydrogen) atoms. The second-order valence-electron chi connectivity index (χ2n) is 3.63. The van der Waals surface area contributed by atoms with Gasteiger partial charge in [-0.25, -0.2) is 0 Å². The Kier molecular flexibility index (Phi) is 4.73. The van der Waals surface area contributed by atoms with Gasteiger partial charge in [-0.15, -0.1) is 10.2 Å². The Bertz CT molecular complexity index is 508. The summed E-state index contributed by atoms with van der Waals surface area (Å²) in [6, 6.07) is 5.53. The Morgan fingerprint density at radius 1 is 1.11 bits per heavy atom. The largest absolute Gasteiger partial charge is 0.490 e. The minimum absolute atomic E-state index is 0.225. The van der Waals surface area contributed by atoms with E-state index in [9.17, 15) is 0 Å². The van der Waals surface area contributed by atoms with Crippen molar-refractivity contribution in [3.05, 3.63) is 46.5 Å².